The van der Waals surface area contributed by atoms with Gasteiger partial charge in [0.2, 0.25) is 11.8 Å². The summed E-state index contributed by atoms with van der Waals surface area (Å²) in [5, 5.41) is 11.7. The number of piperidine rings is 1. The van der Waals surface area contributed by atoms with E-state index in [1.165, 1.54) is 6.42 Å². The van der Waals surface area contributed by atoms with E-state index in [-0.39, 0.29) is 0 Å². The van der Waals surface area contributed by atoms with E-state index in [2.05, 4.69) is 28.5 Å². The van der Waals surface area contributed by atoms with Crippen LogP contribution in [0.5, 0.6) is 0 Å². The second kappa shape index (κ2) is 4.90. The van der Waals surface area contributed by atoms with Crippen LogP contribution in [0.2, 0.25) is 0 Å². The first-order valence-corrected chi connectivity index (χ1v) is 6.45. The van der Waals surface area contributed by atoms with E-state index in [4.69, 9.17) is 4.42 Å². The SMILES string of the molecule is Cc1ccccc1-c1nnc([C@H]2CCCNC2)o1. The third-order valence-electron chi connectivity index (χ3n) is 3.46. The molecule has 1 atom stereocenters. The minimum atomic E-state index is 0.365. The normalized spacial score (nSPS) is 19.9. The summed E-state index contributed by atoms with van der Waals surface area (Å²) in [6, 6.07) is 8.09. The first-order chi connectivity index (χ1) is 8.84. The molecule has 0 radical (unpaired) electrons. The summed E-state index contributed by atoms with van der Waals surface area (Å²) in [5.74, 6) is 1.76. The van der Waals surface area contributed by atoms with Gasteiger partial charge in [-0.3, -0.25) is 0 Å². The van der Waals surface area contributed by atoms with Crippen LogP contribution in [0, 0.1) is 6.92 Å². The minimum Gasteiger partial charge on any atom is -0.420 e. The molecule has 4 nitrogen and oxygen atoms in total. The molecule has 1 aliphatic heterocycles. The maximum absolute atomic E-state index is 5.83. The number of hydrogen-bond donors (Lipinski definition) is 1. The number of benzene rings is 1. The minimum absolute atomic E-state index is 0.365. The second-order valence-electron chi connectivity index (χ2n) is 4.80. The summed E-state index contributed by atoms with van der Waals surface area (Å²) < 4.78 is 5.83. The maximum atomic E-state index is 5.83. The molecule has 0 saturated carbocycles. The Labute approximate surface area is 106 Å². The van der Waals surface area contributed by atoms with Crippen LogP contribution in [0.15, 0.2) is 28.7 Å². The molecule has 2 aromatic rings. The van der Waals surface area contributed by atoms with Gasteiger partial charge in [0.15, 0.2) is 0 Å². The summed E-state index contributed by atoms with van der Waals surface area (Å²) in [7, 11) is 0. The summed E-state index contributed by atoms with van der Waals surface area (Å²) >= 11 is 0. The van der Waals surface area contributed by atoms with Crippen molar-refractivity contribution >= 4 is 0 Å². The van der Waals surface area contributed by atoms with Crippen LogP contribution in [0.4, 0.5) is 0 Å². The molecule has 2 heterocycles. The van der Waals surface area contributed by atoms with Gasteiger partial charge in [-0.25, -0.2) is 0 Å². The van der Waals surface area contributed by atoms with Crippen LogP contribution in [0.1, 0.15) is 30.2 Å². The van der Waals surface area contributed by atoms with Gasteiger partial charge in [0, 0.05) is 18.0 Å². The number of aryl methyl sites for hydroxylation is 1. The summed E-state index contributed by atoms with van der Waals surface area (Å²) in [4.78, 5) is 0. The van der Waals surface area contributed by atoms with E-state index in [0.717, 1.165) is 36.5 Å². The van der Waals surface area contributed by atoms with Gasteiger partial charge in [0.05, 0.1) is 0 Å². The number of nitrogens with zero attached hydrogens (tertiary/aromatic N) is 2. The van der Waals surface area contributed by atoms with Crippen molar-refractivity contribution in [3.63, 3.8) is 0 Å². The molecule has 0 bridgehead atoms. The van der Waals surface area contributed by atoms with Gasteiger partial charge in [0.25, 0.3) is 0 Å². The lowest BCUT2D eigenvalue weighted by molar-refractivity contribution is 0.380. The van der Waals surface area contributed by atoms with Gasteiger partial charge in [-0.1, -0.05) is 18.2 Å². The number of nitrogens with one attached hydrogen (secondary N) is 1. The van der Waals surface area contributed by atoms with E-state index < -0.39 is 0 Å². The maximum Gasteiger partial charge on any atom is 0.248 e. The fraction of sp³-hybridized carbons (Fsp3) is 0.429. The lowest BCUT2D eigenvalue weighted by Crippen LogP contribution is -2.28. The monoisotopic (exact) mass is 243 g/mol. The van der Waals surface area contributed by atoms with Gasteiger partial charge in [-0.15, -0.1) is 10.2 Å². The van der Waals surface area contributed by atoms with Crippen LogP contribution in [0.25, 0.3) is 11.5 Å². The highest BCUT2D eigenvalue weighted by molar-refractivity contribution is 5.57. The van der Waals surface area contributed by atoms with E-state index in [1.54, 1.807) is 0 Å². The molecule has 1 aromatic heterocycles. The number of rotatable bonds is 2. The highest BCUT2D eigenvalue weighted by Gasteiger charge is 2.21. The molecule has 0 amide bonds. The molecular weight excluding hydrogens is 226 g/mol. The lowest BCUT2D eigenvalue weighted by Gasteiger charge is -2.18. The Kier molecular flexibility index (Phi) is 3.11. The molecule has 1 aliphatic rings. The molecular formula is C14H17N3O. The molecule has 1 N–H and O–H groups in total. The van der Waals surface area contributed by atoms with Crippen LogP contribution in [-0.4, -0.2) is 23.3 Å². The van der Waals surface area contributed by atoms with Gasteiger partial charge < -0.3 is 9.73 Å². The zero-order valence-electron chi connectivity index (χ0n) is 10.5. The van der Waals surface area contributed by atoms with Gasteiger partial charge >= 0.3 is 0 Å². The third kappa shape index (κ3) is 2.16. The predicted molar refractivity (Wildman–Crippen MR) is 69.3 cm³/mol. The summed E-state index contributed by atoms with van der Waals surface area (Å²) in [6.07, 6.45) is 2.30. The van der Waals surface area contributed by atoms with Crippen LogP contribution in [0.3, 0.4) is 0 Å². The Balaban J connectivity index is 1.87. The van der Waals surface area contributed by atoms with E-state index in [0.29, 0.717) is 11.8 Å². The molecule has 0 spiro atoms. The summed E-state index contributed by atoms with van der Waals surface area (Å²) in [5.41, 5.74) is 2.19. The molecule has 3 rings (SSSR count). The third-order valence-corrected chi connectivity index (χ3v) is 3.46. The highest BCUT2D eigenvalue weighted by atomic mass is 16.4. The molecule has 0 aliphatic carbocycles. The molecule has 1 fully saturated rings. The highest BCUT2D eigenvalue weighted by Crippen LogP contribution is 2.27. The number of hydrogen-bond acceptors (Lipinski definition) is 4. The van der Waals surface area contributed by atoms with Gasteiger partial charge in [0.1, 0.15) is 0 Å². The molecule has 1 aromatic carbocycles. The van der Waals surface area contributed by atoms with E-state index in [9.17, 15) is 0 Å². The Hall–Kier alpha value is -1.68. The van der Waals surface area contributed by atoms with Crippen LogP contribution < -0.4 is 5.32 Å². The Bertz CT molecular complexity index is 529. The molecule has 1 saturated heterocycles. The van der Waals surface area contributed by atoms with E-state index >= 15 is 0 Å². The zero-order valence-corrected chi connectivity index (χ0v) is 10.5. The van der Waals surface area contributed by atoms with Gasteiger partial charge in [-0.2, -0.15) is 0 Å². The van der Waals surface area contributed by atoms with Crippen molar-refractivity contribution in [2.45, 2.75) is 25.7 Å². The quantitative estimate of drug-likeness (QED) is 0.880. The first-order valence-electron chi connectivity index (χ1n) is 6.45. The zero-order chi connectivity index (χ0) is 12.4. The lowest BCUT2D eigenvalue weighted by atomic mass is 10.00. The Morgan fingerprint density at radius 2 is 2.17 bits per heavy atom. The van der Waals surface area contributed by atoms with Crippen molar-refractivity contribution in [3.8, 4) is 11.5 Å². The van der Waals surface area contributed by atoms with Crippen molar-refractivity contribution in [1.29, 1.82) is 0 Å². The van der Waals surface area contributed by atoms with Gasteiger partial charge in [-0.05, 0) is 37.9 Å². The second-order valence-corrected chi connectivity index (χ2v) is 4.80. The number of aromatic nitrogens is 2. The summed E-state index contributed by atoms with van der Waals surface area (Å²) in [6.45, 7) is 4.09. The molecule has 0 unspecified atom stereocenters. The van der Waals surface area contributed by atoms with Crippen molar-refractivity contribution < 1.29 is 4.42 Å². The van der Waals surface area contributed by atoms with Crippen molar-refractivity contribution in [2.75, 3.05) is 13.1 Å². The fourth-order valence-corrected chi connectivity index (χ4v) is 2.38. The smallest absolute Gasteiger partial charge is 0.248 e. The van der Waals surface area contributed by atoms with Crippen LogP contribution in [-0.2, 0) is 0 Å². The Morgan fingerprint density at radius 3 is 2.94 bits per heavy atom. The topological polar surface area (TPSA) is 51.0 Å². The first kappa shape index (κ1) is 11.4. The largest absolute Gasteiger partial charge is 0.420 e. The van der Waals surface area contributed by atoms with Crippen molar-refractivity contribution in [3.05, 3.63) is 35.7 Å². The van der Waals surface area contributed by atoms with Crippen molar-refractivity contribution in [1.82, 2.24) is 15.5 Å². The average Bonchev–Trinajstić information content (AvgIpc) is 2.90. The average molecular weight is 243 g/mol. The van der Waals surface area contributed by atoms with Crippen LogP contribution >= 0.6 is 0 Å². The predicted octanol–water partition coefficient (Wildman–Crippen LogP) is 2.51. The standard InChI is InChI=1S/C14H17N3O/c1-10-5-2-3-7-12(10)14-17-16-13(18-14)11-6-4-8-15-9-11/h2-3,5,7,11,15H,4,6,8-9H2,1H3/t11-/m0/s1. The van der Waals surface area contributed by atoms with E-state index in [1.807, 2.05) is 18.2 Å². The molecule has 18 heavy (non-hydrogen) atoms. The van der Waals surface area contributed by atoms with Crippen molar-refractivity contribution in [2.24, 2.45) is 0 Å². The molecule has 94 valence electrons. The fourth-order valence-electron chi connectivity index (χ4n) is 2.38. The Morgan fingerprint density at radius 1 is 1.28 bits per heavy atom. The molecule has 4 heteroatoms.